The number of anilines is 1. The first-order valence-corrected chi connectivity index (χ1v) is 7.19. The van der Waals surface area contributed by atoms with Crippen LogP contribution in [0.2, 0.25) is 0 Å². The van der Waals surface area contributed by atoms with E-state index in [-0.39, 0.29) is 5.54 Å². The number of aromatic nitrogens is 2. The van der Waals surface area contributed by atoms with E-state index in [0.29, 0.717) is 6.04 Å². The third-order valence-electron chi connectivity index (χ3n) is 4.38. The fraction of sp³-hybridized carbons (Fsp3) is 0.786. The summed E-state index contributed by atoms with van der Waals surface area (Å²) in [5, 5.41) is 8.38. The number of piperazine rings is 1. The lowest BCUT2D eigenvalue weighted by Crippen LogP contribution is -2.63. The molecule has 0 aromatic carbocycles. The lowest BCUT2D eigenvalue weighted by molar-refractivity contribution is 0.252. The number of aryl methyl sites for hydroxylation is 1. The van der Waals surface area contributed by atoms with Crippen molar-refractivity contribution >= 4 is 5.82 Å². The summed E-state index contributed by atoms with van der Waals surface area (Å²) in [6, 6.07) is 2.65. The van der Waals surface area contributed by atoms with Gasteiger partial charge < -0.3 is 10.2 Å². The van der Waals surface area contributed by atoms with Crippen LogP contribution in [0.5, 0.6) is 0 Å². The van der Waals surface area contributed by atoms with Crippen LogP contribution >= 0.6 is 0 Å². The molecule has 4 nitrogen and oxygen atoms in total. The van der Waals surface area contributed by atoms with Gasteiger partial charge in [-0.25, -0.2) is 0 Å². The van der Waals surface area contributed by atoms with E-state index in [1.54, 1.807) is 0 Å². The monoisotopic (exact) mass is 250 g/mol. The van der Waals surface area contributed by atoms with Crippen LogP contribution in [-0.2, 0) is 6.54 Å². The van der Waals surface area contributed by atoms with Crippen molar-refractivity contribution in [3.8, 4) is 0 Å². The van der Waals surface area contributed by atoms with Crippen LogP contribution in [0.1, 0.15) is 40.5 Å². The predicted octanol–water partition coefficient (Wildman–Crippen LogP) is 2.26. The van der Waals surface area contributed by atoms with Crippen LogP contribution in [0.4, 0.5) is 5.82 Å². The van der Waals surface area contributed by atoms with E-state index in [0.717, 1.165) is 25.5 Å². The van der Waals surface area contributed by atoms with Crippen LogP contribution in [0.3, 0.4) is 0 Å². The lowest BCUT2D eigenvalue weighted by atomic mass is 9.89. The largest absolute Gasteiger partial charge is 0.349 e. The first kappa shape index (κ1) is 13.4. The van der Waals surface area contributed by atoms with E-state index in [1.807, 2.05) is 4.68 Å². The molecule has 1 aromatic rings. The third-order valence-corrected chi connectivity index (χ3v) is 4.38. The van der Waals surface area contributed by atoms with E-state index in [2.05, 4.69) is 55.3 Å². The Hall–Kier alpha value is -1.03. The van der Waals surface area contributed by atoms with Gasteiger partial charge in [-0.1, -0.05) is 13.8 Å². The van der Waals surface area contributed by atoms with E-state index >= 15 is 0 Å². The molecule has 1 aliphatic heterocycles. The molecule has 1 fully saturated rings. The second kappa shape index (κ2) is 5.31. The molecule has 0 amide bonds. The number of hydrogen-bond donors (Lipinski definition) is 1. The Morgan fingerprint density at radius 3 is 2.67 bits per heavy atom. The summed E-state index contributed by atoms with van der Waals surface area (Å²) in [5.41, 5.74) is 0.252. The van der Waals surface area contributed by atoms with Gasteiger partial charge in [0.25, 0.3) is 0 Å². The average Bonchev–Trinajstić information content (AvgIpc) is 2.88. The lowest BCUT2D eigenvalue weighted by Gasteiger charge is -2.46. The molecule has 102 valence electrons. The minimum atomic E-state index is 0.252. The number of nitrogens with zero attached hydrogens (tertiary/aromatic N) is 3. The van der Waals surface area contributed by atoms with Gasteiger partial charge in [-0.15, -0.1) is 0 Å². The maximum absolute atomic E-state index is 4.65. The highest BCUT2D eigenvalue weighted by Crippen LogP contribution is 2.26. The normalized spacial score (nSPS) is 23.3. The summed E-state index contributed by atoms with van der Waals surface area (Å²) in [5.74, 6) is 1.12. The molecule has 4 heteroatoms. The van der Waals surface area contributed by atoms with Crippen molar-refractivity contribution in [3.63, 3.8) is 0 Å². The summed E-state index contributed by atoms with van der Waals surface area (Å²) in [7, 11) is 0. The van der Waals surface area contributed by atoms with Crippen molar-refractivity contribution in [1.29, 1.82) is 0 Å². The van der Waals surface area contributed by atoms with Gasteiger partial charge in [0.15, 0.2) is 5.82 Å². The maximum atomic E-state index is 4.65. The Morgan fingerprint density at radius 2 is 2.11 bits per heavy atom. The second-order valence-electron chi connectivity index (χ2n) is 5.37. The van der Waals surface area contributed by atoms with Gasteiger partial charge in [-0.3, -0.25) is 4.68 Å². The van der Waals surface area contributed by atoms with Gasteiger partial charge in [0.1, 0.15) is 0 Å². The summed E-state index contributed by atoms with van der Waals surface area (Å²) < 4.78 is 2.00. The summed E-state index contributed by atoms with van der Waals surface area (Å²) >= 11 is 0. The smallest absolute Gasteiger partial charge is 0.150 e. The third kappa shape index (κ3) is 2.39. The van der Waals surface area contributed by atoms with Gasteiger partial charge in [0.05, 0.1) is 0 Å². The summed E-state index contributed by atoms with van der Waals surface area (Å²) in [4.78, 5) is 2.45. The van der Waals surface area contributed by atoms with E-state index < -0.39 is 0 Å². The van der Waals surface area contributed by atoms with Crippen molar-refractivity contribution < 1.29 is 0 Å². The van der Waals surface area contributed by atoms with Crippen LogP contribution in [0.25, 0.3) is 0 Å². The Balaban J connectivity index is 2.19. The highest BCUT2D eigenvalue weighted by Gasteiger charge is 2.35. The highest BCUT2D eigenvalue weighted by atomic mass is 15.4. The van der Waals surface area contributed by atoms with Gasteiger partial charge in [-0.05, 0) is 26.7 Å². The fourth-order valence-electron chi connectivity index (χ4n) is 2.72. The van der Waals surface area contributed by atoms with E-state index in [1.165, 1.54) is 12.8 Å². The highest BCUT2D eigenvalue weighted by molar-refractivity contribution is 5.40. The molecular formula is C14H26N4. The molecule has 1 aliphatic rings. The summed E-state index contributed by atoms with van der Waals surface area (Å²) in [6.45, 7) is 12.0. The molecule has 0 saturated carbocycles. The Labute approximate surface area is 110 Å². The van der Waals surface area contributed by atoms with E-state index in [4.69, 9.17) is 0 Å². The molecule has 1 saturated heterocycles. The first-order valence-electron chi connectivity index (χ1n) is 7.19. The molecule has 1 aromatic heterocycles. The standard InChI is InChI=1S/C14H26N4/c1-5-14(6-2)11-18(12(4)10-15-14)13-8-9-17(7-3)16-13/h8-9,12,15H,5-7,10-11H2,1-4H3. The quantitative estimate of drug-likeness (QED) is 0.890. The number of rotatable bonds is 4. The SMILES string of the molecule is CCn1ccc(N2CC(CC)(CC)NCC2C)n1. The Bertz CT molecular complexity index is 381. The van der Waals surface area contributed by atoms with Crippen molar-refractivity contribution in [2.75, 3.05) is 18.0 Å². The Morgan fingerprint density at radius 1 is 1.39 bits per heavy atom. The average molecular weight is 250 g/mol. The topological polar surface area (TPSA) is 33.1 Å². The second-order valence-corrected chi connectivity index (χ2v) is 5.37. The minimum Gasteiger partial charge on any atom is -0.349 e. The molecule has 1 atom stereocenters. The van der Waals surface area contributed by atoms with Crippen molar-refractivity contribution in [2.24, 2.45) is 0 Å². The van der Waals surface area contributed by atoms with Crippen LogP contribution < -0.4 is 10.2 Å². The van der Waals surface area contributed by atoms with Gasteiger partial charge in [-0.2, -0.15) is 5.10 Å². The molecule has 1 unspecified atom stereocenters. The number of nitrogens with one attached hydrogen (secondary N) is 1. The zero-order chi connectivity index (χ0) is 13.2. The molecule has 18 heavy (non-hydrogen) atoms. The van der Waals surface area contributed by atoms with E-state index in [9.17, 15) is 0 Å². The molecule has 0 aliphatic carbocycles. The molecule has 0 bridgehead atoms. The van der Waals surface area contributed by atoms with Gasteiger partial charge in [0, 0.05) is 43.5 Å². The molecular weight excluding hydrogens is 224 g/mol. The molecule has 0 spiro atoms. The molecule has 2 rings (SSSR count). The van der Waals surface area contributed by atoms with Crippen molar-refractivity contribution in [1.82, 2.24) is 15.1 Å². The predicted molar refractivity (Wildman–Crippen MR) is 76.0 cm³/mol. The zero-order valence-corrected chi connectivity index (χ0v) is 12.1. The Kier molecular flexibility index (Phi) is 3.95. The first-order chi connectivity index (χ1) is 8.64. The van der Waals surface area contributed by atoms with Crippen LogP contribution in [0.15, 0.2) is 12.3 Å². The maximum Gasteiger partial charge on any atom is 0.150 e. The van der Waals surface area contributed by atoms with Crippen molar-refractivity contribution in [2.45, 2.75) is 58.7 Å². The summed E-state index contributed by atoms with van der Waals surface area (Å²) in [6.07, 6.45) is 4.41. The molecule has 0 radical (unpaired) electrons. The van der Waals surface area contributed by atoms with Crippen LogP contribution in [0, 0.1) is 0 Å². The molecule has 2 heterocycles. The van der Waals surface area contributed by atoms with Crippen LogP contribution in [-0.4, -0.2) is 34.5 Å². The van der Waals surface area contributed by atoms with Gasteiger partial charge in [0.2, 0.25) is 0 Å². The zero-order valence-electron chi connectivity index (χ0n) is 12.1. The fourth-order valence-corrected chi connectivity index (χ4v) is 2.72. The minimum absolute atomic E-state index is 0.252. The van der Waals surface area contributed by atoms with Crippen molar-refractivity contribution in [3.05, 3.63) is 12.3 Å². The molecule has 1 N–H and O–H groups in total. The number of hydrogen-bond acceptors (Lipinski definition) is 3. The van der Waals surface area contributed by atoms with Gasteiger partial charge >= 0.3 is 0 Å².